The molecule has 3 nitrogen and oxygen atoms in total. The van der Waals surface area contributed by atoms with Crippen molar-refractivity contribution in [2.45, 2.75) is 38.4 Å². The number of methoxy groups -OCH3 is 1. The van der Waals surface area contributed by atoms with Gasteiger partial charge in [-0.1, -0.05) is 13.3 Å². The Balaban J connectivity index is 4.07. The van der Waals surface area contributed by atoms with E-state index in [-0.39, 0.29) is 6.61 Å². The fourth-order valence-corrected chi connectivity index (χ4v) is 1.09. The van der Waals surface area contributed by atoms with Gasteiger partial charge in [0.2, 0.25) is 0 Å². The molecule has 0 spiro atoms. The molecule has 0 saturated carbocycles. The lowest BCUT2D eigenvalue weighted by Crippen LogP contribution is -2.43. The Bertz CT molecular complexity index is 106. The topological polar surface area (TPSA) is 49.7 Å². The molecule has 0 aromatic heterocycles. The lowest BCUT2D eigenvalue weighted by Gasteiger charge is -2.31. The largest absolute Gasteiger partial charge is 0.394 e. The van der Waals surface area contributed by atoms with Crippen LogP contribution < -0.4 is 0 Å². The Labute approximate surface area is 68.0 Å². The zero-order valence-corrected chi connectivity index (χ0v) is 7.50. The fourth-order valence-electron chi connectivity index (χ4n) is 1.09. The van der Waals surface area contributed by atoms with E-state index in [4.69, 9.17) is 9.84 Å². The van der Waals surface area contributed by atoms with E-state index in [2.05, 4.69) is 0 Å². The summed E-state index contributed by atoms with van der Waals surface area (Å²) in [5.74, 6) is 0. The van der Waals surface area contributed by atoms with Crippen molar-refractivity contribution in [3.63, 3.8) is 0 Å². The SMILES string of the molecule is CCCC(C)(OC)C(O)CO. The molecule has 2 atom stereocenters. The van der Waals surface area contributed by atoms with Crippen LogP contribution in [0.1, 0.15) is 26.7 Å². The van der Waals surface area contributed by atoms with Gasteiger partial charge in [0.25, 0.3) is 0 Å². The van der Waals surface area contributed by atoms with Crippen LogP contribution >= 0.6 is 0 Å². The number of hydrogen-bond donors (Lipinski definition) is 2. The van der Waals surface area contributed by atoms with E-state index in [1.807, 2.05) is 6.92 Å². The minimum Gasteiger partial charge on any atom is -0.394 e. The first kappa shape index (κ1) is 10.9. The molecular formula is C8H18O3. The molecule has 2 unspecified atom stereocenters. The molecule has 3 heteroatoms. The molecule has 0 aromatic rings. The first-order valence-corrected chi connectivity index (χ1v) is 3.94. The Morgan fingerprint density at radius 3 is 2.36 bits per heavy atom. The van der Waals surface area contributed by atoms with E-state index >= 15 is 0 Å². The number of ether oxygens (including phenoxy) is 1. The van der Waals surface area contributed by atoms with Crippen LogP contribution in [0.2, 0.25) is 0 Å². The van der Waals surface area contributed by atoms with Gasteiger partial charge in [-0.3, -0.25) is 0 Å². The van der Waals surface area contributed by atoms with Crippen molar-refractivity contribution in [2.24, 2.45) is 0 Å². The summed E-state index contributed by atoms with van der Waals surface area (Å²) in [4.78, 5) is 0. The summed E-state index contributed by atoms with van der Waals surface area (Å²) in [5.41, 5.74) is -0.594. The third-order valence-electron chi connectivity index (χ3n) is 2.09. The van der Waals surface area contributed by atoms with Crippen molar-refractivity contribution < 1.29 is 14.9 Å². The second kappa shape index (κ2) is 4.70. The number of hydrogen-bond acceptors (Lipinski definition) is 3. The van der Waals surface area contributed by atoms with Crippen LogP contribution in [0.15, 0.2) is 0 Å². The van der Waals surface area contributed by atoms with Crippen LogP contribution in [0.3, 0.4) is 0 Å². The monoisotopic (exact) mass is 162 g/mol. The molecule has 0 saturated heterocycles. The van der Waals surface area contributed by atoms with E-state index in [9.17, 15) is 5.11 Å². The van der Waals surface area contributed by atoms with Gasteiger partial charge in [0.1, 0.15) is 6.10 Å². The molecule has 0 rings (SSSR count). The van der Waals surface area contributed by atoms with Gasteiger partial charge in [-0.05, 0) is 13.3 Å². The average molecular weight is 162 g/mol. The van der Waals surface area contributed by atoms with Crippen LogP contribution in [0.5, 0.6) is 0 Å². The maximum atomic E-state index is 9.33. The van der Waals surface area contributed by atoms with E-state index < -0.39 is 11.7 Å². The van der Waals surface area contributed by atoms with Gasteiger partial charge in [-0.15, -0.1) is 0 Å². The summed E-state index contributed by atoms with van der Waals surface area (Å²) in [7, 11) is 1.55. The van der Waals surface area contributed by atoms with Crippen LogP contribution in [-0.4, -0.2) is 35.6 Å². The van der Waals surface area contributed by atoms with Crippen LogP contribution in [0.25, 0.3) is 0 Å². The molecule has 0 aliphatic carbocycles. The van der Waals surface area contributed by atoms with Crippen molar-refractivity contribution in [1.29, 1.82) is 0 Å². The Hall–Kier alpha value is -0.120. The van der Waals surface area contributed by atoms with Gasteiger partial charge >= 0.3 is 0 Å². The summed E-state index contributed by atoms with van der Waals surface area (Å²) in [6.45, 7) is 3.57. The highest BCUT2D eigenvalue weighted by atomic mass is 16.5. The van der Waals surface area contributed by atoms with Gasteiger partial charge < -0.3 is 14.9 Å². The summed E-state index contributed by atoms with van der Waals surface area (Å²) in [6.07, 6.45) is 0.902. The molecular weight excluding hydrogens is 144 g/mol. The first-order valence-electron chi connectivity index (χ1n) is 3.94. The zero-order chi connectivity index (χ0) is 8.91. The number of aliphatic hydroxyl groups is 2. The quantitative estimate of drug-likeness (QED) is 0.620. The molecule has 0 heterocycles. The normalized spacial score (nSPS) is 19.4. The van der Waals surface area contributed by atoms with Gasteiger partial charge in [-0.25, -0.2) is 0 Å². The lowest BCUT2D eigenvalue weighted by atomic mass is 9.94. The molecule has 0 bridgehead atoms. The number of rotatable bonds is 5. The molecule has 0 aromatic carbocycles. The number of aliphatic hydroxyl groups excluding tert-OH is 2. The second-order valence-corrected chi connectivity index (χ2v) is 2.97. The second-order valence-electron chi connectivity index (χ2n) is 2.97. The fraction of sp³-hybridized carbons (Fsp3) is 1.00. The van der Waals surface area contributed by atoms with Crippen molar-refractivity contribution in [2.75, 3.05) is 13.7 Å². The summed E-state index contributed by atoms with van der Waals surface area (Å²) >= 11 is 0. The molecule has 0 aliphatic rings. The maximum absolute atomic E-state index is 9.33. The molecule has 0 amide bonds. The van der Waals surface area contributed by atoms with Gasteiger partial charge in [0, 0.05) is 7.11 Å². The highest BCUT2D eigenvalue weighted by molar-refractivity contribution is 4.82. The van der Waals surface area contributed by atoms with Crippen LogP contribution in [0, 0.1) is 0 Å². The molecule has 68 valence electrons. The Kier molecular flexibility index (Phi) is 4.65. The average Bonchev–Trinajstić information content (AvgIpc) is 2.03. The molecule has 0 aliphatic heterocycles. The zero-order valence-electron chi connectivity index (χ0n) is 7.50. The van der Waals surface area contributed by atoms with Crippen molar-refractivity contribution in [1.82, 2.24) is 0 Å². The minimum absolute atomic E-state index is 0.246. The smallest absolute Gasteiger partial charge is 0.106 e. The van der Waals surface area contributed by atoms with Crippen molar-refractivity contribution >= 4 is 0 Å². The van der Waals surface area contributed by atoms with E-state index in [1.54, 1.807) is 14.0 Å². The predicted molar refractivity (Wildman–Crippen MR) is 43.4 cm³/mol. The van der Waals surface area contributed by atoms with Gasteiger partial charge in [-0.2, -0.15) is 0 Å². The summed E-state index contributed by atoms with van der Waals surface area (Å²) < 4.78 is 5.12. The van der Waals surface area contributed by atoms with Crippen molar-refractivity contribution in [3.8, 4) is 0 Å². The maximum Gasteiger partial charge on any atom is 0.106 e. The molecule has 0 fully saturated rings. The Morgan fingerprint density at radius 1 is 1.55 bits per heavy atom. The third-order valence-corrected chi connectivity index (χ3v) is 2.09. The summed E-state index contributed by atoms with van der Waals surface area (Å²) in [5, 5.41) is 18.0. The lowest BCUT2D eigenvalue weighted by molar-refractivity contribution is -0.111. The predicted octanol–water partition coefficient (Wildman–Crippen LogP) is 0.545. The molecule has 0 radical (unpaired) electrons. The first-order chi connectivity index (χ1) is 5.10. The molecule has 2 N–H and O–H groups in total. The minimum atomic E-state index is -0.785. The van der Waals surface area contributed by atoms with E-state index in [0.717, 1.165) is 12.8 Å². The molecule has 11 heavy (non-hydrogen) atoms. The van der Waals surface area contributed by atoms with E-state index in [0.29, 0.717) is 0 Å². The summed E-state index contributed by atoms with van der Waals surface area (Å²) in [6, 6.07) is 0. The van der Waals surface area contributed by atoms with Crippen LogP contribution in [-0.2, 0) is 4.74 Å². The highest BCUT2D eigenvalue weighted by Crippen LogP contribution is 2.20. The van der Waals surface area contributed by atoms with Gasteiger partial charge in [0.05, 0.1) is 12.2 Å². The standard InChI is InChI=1S/C8H18O3/c1-4-5-8(2,11-3)7(10)6-9/h7,9-10H,4-6H2,1-3H3. The van der Waals surface area contributed by atoms with Gasteiger partial charge in [0.15, 0.2) is 0 Å². The highest BCUT2D eigenvalue weighted by Gasteiger charge is 2.31. The van der Waals surface area contributed by atoms with E-state index in [1.165, 1.54) is 0 Å². The Morgan fingerprint density at radius 2 is 2.09 bits per heavy atom. The van der Waals surface area contributed by atoms with Crippen molar-refractivity contribution in [3.05, 3.63) is 0 Å². The van der Waals surface area contributed by atoms with Crippen LogP contribution in [0.4, 0.5) is 0 Å². The third kappa shape index (κ3) is 2.77.